The summed E-state index contributed by atoms with van der Waals surface area (Å²) < 4.78 is 30.6. The maximum Gasteiger partial charge on any atom is 0.251 e. The largest absolute Gasteiger partial charge is 0.489 e. The molecule has 1 fully saturated rings. The predicted octanol–water partition coefficient (Wildman–Crippen LogP) is 2.65. The molecule has 0 saturated carbocycles. The number of likely N-dealkylation sites (tertiary alicyclic amines) is 1. The van der Waals surface area contributed by atoms with Gasteiger partial charge in [0.05, 0.1) is 6.54 Å². The zero-order valence-corrected chi connectivity index (χ0v) is 15.3. The van der Waals surface area contributed by atoms with Gasteiger partial charge in [-0.2, -0.15) is 0 Å². The van der Waals surface area contributed by atoms with Gasteiger partial charge in [-0.15, -0.1) is 0 Å². The van der Waals surface area contributed by atoms with Gasteiger partial charge in [-0.25, -0.2) is 8.78 Å². The lowest BCUT2D eigenvalue weighted by molar-refractivity contribution is 0.0744. The lowest BCUT2D eigenvalue weighted by Crippen LogP contribution is -2.49. The minimum Gasteiger partial charge on any atom is -0.489 e. The van der Waals surface area contributed by atoms with E-state index in [1.54, 1.807) is 13.1 Å². The molecular formula is C19H28F2N4O. The molecule has 1 aliphatic heterocycles. The highest BCUT2D eigenvalue weighted by Crippen LogP contribution is 2.17. The lowest BCUT2D eigenvalue weighted by atomic mass is 10.1. The lowest BCUT2D eigenvalue weighted by Gasteiger charge is -2.32. The van der Waals surface area contributed by atoms with Crippen LogP contribution in [0, 0.1) is 0 Å². The summed E-state index contributed by atoms with van der Waals surface area (Å²) in [6.45, 7) is 5.92. The van der Waals surface area contributed by atoms with Crippen LogP contribution in [0.2, 0.25) is 0 Å². The van der Waals surface area contributed by atoms with Crippen LogP contribution >= 0.6 is 0 Å². The van der Waals surface area contributed by atoms with Crippen molar-refractivity contribution in [3.63, 3.8) is 0 Å². The molecule has 0 spiro atoms. The molecule has 0 amide bonds. The highest BCUT2D eigenvalue weighted by atomic mass is 19.3. The molecule has 0 radical (unpaired) electrons. The molecule has 1 aliphatic rings. The maximum atomic E-state index is 12.5. The number of hydrogen-bond donors (Lipinski definition) is 2. The first-order valence-electron chi connectivity index (χ1n) is 8.91. The standard InChI is InChI=1S/C19H28F2N4O/c1-3-12-26-17-7-5-4-6-15(17)13-23-19(22-2)24-16-8-10-25(11-9-16)14-18(20)21/h3-7,16,18H,1,8-14H2,2H3,(H2,22,23,24). The normalized spacial score (nSPS) is 16.5. The summed E-state index contributed by atoms with van der Waals surface area (Å²) in [4.78, 5) is 6.07. The van der Waals surface area contributed by atoms with Crippen LogP contribution in [-0.2, 0) is 6.54 Å². The Morgan fingerprint density at radius 3 is 2.77 bits per heavy atom. The van der Waals surface area contributed by atoms with Gasteiger partial charge < -0.3 is 15.4 Å². The molecule has 7 heteroatoms. The molecule has 0 aliphatic carbocycles. The fourth-order valence-corrected chi connectivity index (χ4v) is 2.96. The van der Waals surface area contributed by atoms with Gasteiger partial charge in [-0.3, -0.25) is 9.89 Å². The summed E-state index contributed by atoms with van der Waals surface area (Å²) in [6, 6.07) is 8.06. The molecule has 2 N–H and O–H groups in total. The quantitative estimate of drug-likeness (QED) is 0.422. The first-order valence-corrected chi connectivity index (χ1v) is 8.91. The van der Waals surface area contributed by atoms with E-state index in [2.05, 4.69) is 22.2 Å². The van der Waals surface area contributed by atoms with Gasteiger partial charge in [0.1, 0.15) is 12.4 Å². The second-order valence-electron chi connectivity index (χ2n) is 6.24. The van der Waals surface area contributed by atoms with E-state index in [1.165, 1.54) is 0 Å². The van der Waals surface area contributed by atoms with Gasteiger partial charge in [0, 0.05) is 38.3 Å². The number of ether oxygens (including phenoxy) is 1. The molecule has 1 aromatic carbocycles. The number of piperidine rings is 1. The van der Waals surface area contributed by atoms with Crippen molar-refractivity contribution in [2.75, 3.05) is 33.3 Å². The molecule has 26 heavy (non-hydrogen) atoms. The number of halogens is 2. The summed E-state index contributed by atoms with van der Waals surface area (Å²) >= 11 is 0. The van der Waals surface area contributed by atoms with Crippen LogP contribution in [-0.4, -0.2) is 56.6 Å². The highest BCUT2D eigenvalue weighted by molar-refractivity contribution is 5.80. The first kappa shape index (κ1) is 20.2. The van der Waals surface area contributed by atoms with E-state index in [0.29, 0.717) is 32.2 Å². The van der Waals surface area contributed by atoms with Crippen LogP contribution in [0.1, 0.15) is 18.4 Å². The molecule has 1 aromatic rings. The van der Waals surface area contributed by atoms with Crippen LogP contribution in [0.4, 0.5) is 8.78 Å². The van der Waals surface area contributed by atoms with Gasteiger partial charge in [0.25, 0.3) is 6.43 Å². The molecule has 1 heterocycles. The zero-order chi connectivity index (χ0) is 18.8. The number of benzene rings is 1. The van der Waals surface area contributed by atoms with Gasteiger partial charge in [-0.1, -0.05) is 30.9 Å². The Morgan fingerprint density at radius 2 is 2.12 bits per heavy atom. The molecule has 0 unspecified atom stereocenters. The van der Waals surface area contributed by atoms with Crippen molar-refractivity contribution in [3.8, 4) is 5.75 Å². The van der Waals surface area contributed by atoms with Crippen molar-refractivity contribution in [1.29, 1.82) is 0 Å². The molecule has 0 atom stereocenters. The number of alkyl halides is 2. The third-order valence-corrected chi connectivity index (χ3v) is 4.32. The Hall–Kier alpha value is -2.15. The fraction of sp³-hybridized carbons (Fsp3) is 0.526. The topological polar surface area (TPSA) is 48.9 Å². The third-order valence-electron chi connectivity index (χ3n) is 4.32. The van der Waals surface area contributed by atoms with E-state index >= 15 is 0 Å². The molecule has 1 saturated heterocycles. The zero-order valence-electron chi connectivity index (χ0n) is 15.3. The van der Waals surface area contributed by atoms with Crippen LogP contribution in [0.5, 0.6) is 5.75 Å². The van der Waals surface area contributed by atoms with E-state index < -0.39 is 6.43 Å². The van der Waals surface area contributed by atoms with Crippen LogP contribution in [0.25, 0.3) is 0 Å². The summed E-state index contributed by atoms with van der Waals surface area (Å²) in [5.41, 5.74) is 1.03. The van der Waals surface area contributed by atoms with Crippen molar-refractivity contribution >= 4 is 5.96 Å². The monoisotopic (exact) mass is 366 g/mol. The van der Waals surface area contributed by atoms with Gasteiger partial charge in [0.2, 0.25) is 0 Å². The maximum absolute atomic E-state index is 12.5. The van der Waals surface area contributed by atoms with Crippen LogP contribution in [0.3, 0.4) is 0 Å². The fourth-order valence-electron chi connectivity index (χ4n) is 2.96. The average molecular weight is 366 g/mol. The number of nitrogens with one attached hydrogen (secondary N) is 2. The van der Waals surface area contributed by atoms with Gasteiger partial charge in [0.15, 0.2) is 5.96 Å². The second kappa shape index (κ2) is 10.8. The van der Waals surface area contributed by atoms with Crippen molar-refractivity contribution in [2.45, 2.75) is 31.9 Å². The van der Waals surface area contributed by atoms with Crippen LogP contribution < -0.4 is 15.4 Å². The smallest absolute Gasteiger partial charge is 0.251 e. The SMILES string of the molecule is C=CCOc1ccccc1CNC(=NC)NC1CCN(CC(F)F)CC1. The first-order chi connectivity index (χ1) is 12.6. The van der Waals surface area contributed by atoms with Crippen molar-refractivity contribution in [3.05, 3.63) is 42.5 Å². The molecule has 5 nitrogen and oxygen atoms in total. The van der Waals surface area contributed by atoms with Crippen LogP contribution in [0.15, 0.2) is 41.9 Å². The minimum absolute atomic E-state index is 0.138. The molecular weight excluding hydrogens is 338 g/mol. The van der Waals surface area contributed by atoms with E-state index in [9.17, 15) is 8.78 Å². The molecule has 2 rings (SSSR count). The third kappa shape index (κ3) is 6.63. The Balaban J connectivity index is 1.81. The van der Waals surface area contributed by atoms with Crippen molar-refractivity contribution in [1.82, 2.24) is 15.5 Å². The van der Waals surface area contributed by atoms with E-state index in [1.807, 2.05) is 29.2 Å². The highest BCUT2D eigenvalue weighted by Gasteiger charge is 2.22. The van der Waals surface area contributed by atoms with E-state index in [0.717, 1.165) is 24.2 Å². The molecule has 0 bridgehead atoms. The average Bonchev–Trinajstić information content (AvgIpc) is 2.65. The minimum atomic E-state index is -2.27. The number of rotatable bonds is 8. The summed E-state index contributed by atoms with van der Waals surface area (Å²) in [5.74, 6) is 1.52. The van der Waals surface area contributed by atoms with E-state index in [-0.39, 0.29) is 12.6 Å². The Bertz CT molecular complexity index is 587. The second-order valence-corrected chi connectivity index (χ2v) is 6.24. The van der Waals surface area contributed by atoms with Crippen molar-refractivity contribution < 1.29 is 13.5 Å². The molecule has 0 aromatic heterocycles. The number of nitrogens with zero attached hydrogens (tertiary/aromatic N) is 2. The Morgan fingerprint density at radius 1 is 1.38 bits per heavy atom. The van der Waals surface area contributed by atoms with E-state index in [4.69, 9.17) is 4.74 Å². The molecule has 144 valence electrons. The number of hydrogen-bond acceptors (Lipinski definition) is 3. The van der Waals surface area contributed by atoms with Gasteiger partial charge >= 0.3 is 0 Å². The number of aliphatic imine (C=N–C) groups is 1. The summed E-state index contributed by atoms with van der Waals surface area (Å²) in [6.07, 6.45) is 1.10. The number of para-hydroxylation sites is 1. The predicted molar refractivity (Wildman–Crippen MR) is 101 cm³/mol. The number of guanidine groups is 1. The Labute approximate surface area is 154 Å². The van der Waals surface area contributed by atoms with Crippen molar-refractivity contribution in [2.24, 2.45) is 4.99 Å². The summed E-state index contributed by atoms with van der Waals surface area (Å²) in [7, 11) is 1.72. The van der Waals surface area contributed by atoms with Gasteiger partial charge in [-0.05, 0) is 18.9 Å². The Kier molecular flexibility index (Phi) is 8.34. The summed E-state index contributed by atoms with van der Waals surface area (Å²) in [5, 5.41) is 6.67.